The number of rotatable bonds is 9. The topological polar surface area (TPSA) is 89.1 Å². The van der Waals surface area contributed by atoms with Crippen LogP contribution in [0.5, 0.6) is 11.5 Å². The van der Waals surface area contributed by atoms with Crippen molar-refractivity contribution in [3.63, 3.8) is 0 Å². The molecule has 1 saturated heterocycles. The smallest absolute Gasteiger partial charge is 0.257 e. The predicted octanol–water partition coefficient (Wildman–Crippen LogP) is 3.80. The van der Waals surface area contributed by atoms with E-state index in [0.29, 0.717) is 23.8 Å². The van der Waals surface area contributed by atoms with Gasteiger partial charge in [-0.1, -0.05) is 11.6 Å². The molecule has 178 valence electrons. The van der Waals surface area contributed by atoms with Gasteiger partial charge in [-0.15, -0.1) is 0 Å². The lowest BCUT2D eigenvalue weighted by atomic mass is 10.1. The Morgan fingerprint density at radius 1 is 1.15 bits per heavy atom. The van der Waals surface area contributed by atoms with E-state index in [2.05, 4.69) is 15.5 Å². The summed E-state index contributed by atoms with van der Waals surface area (Å²) in [7, 11) is 1.48. The lowest BCUT2D eigenvalue weighted by molar-refractivity contribution is -0.114. The van der Waals surface area contributed by atoms with Crippen molar-refractivity contribution in [3.05, 3.63) is 46.7 Å². The summed E-state index contributed by atoms with van der Waals surface area (Å²) < 4.78 is 30.1. The Labute approximate surface area is 196 Å². The maximum atomic E-state index is 13.4. The quantitative estimate of drug-likeness (QED) is 0.532. The number of nitrogens with one attached hydrogen (secondary N) is 2. The molecule has 0 saturated carbocycles. The minimum Gasteiger partial charge on any atom is -0.493 e. The van der Waals surface area contributed by atoms with Crippen molar-refractivity contribution >= 4 is 34.8 Å². The predicted molar refractivity (Wildman–Crippen MR) is 124 cm³/mol. The molecule has 0 unspecified atom stereocenters. The van der Waals surface area contributed by atoms with Crippen molar-refractivity contribution in [1.29, 1.82) is 0 Å². The van der Waals surface area contributed by atoms with E-state index in [9.17, 15) is 14.0 Å². The molecule has 0 spiro atoms. The fraction of sp³-hybridized carbons (Fsp3) is 0.391. The molecule has 1 aliphatic heterocycles. The van der Waals surface area contributed by atoms with Gasteiger partial charge >= 0.3 is 0 Å². The van der Waals surface area contributed by atoms with Gasteiger partial charge in [-0.2, -0.15) is 0 Å². The van der Waals surface area contributed by atoms with E-state index in [1.165, 1.54) is 38.3 Å². The minimum absolute atomic E-state index is 0.117. The van der Waals surface area contributed by atoms with Crippen LogP contribution >= 0.6 is 11.6 Å². The molecule has 3 rings (SSSR count). The second-order valence-electron chi connectivity index (χ2n) is 7.47. The highest BCUT2D eigenvalue weighted by molar-refractivity contribution is 6.31. The molecule has 2 amide bonds. The van der Waals surface area contributed by atoms with Crippen LogP contribution in [0.4, 0.5) is 15.8 Å². The molecule has 0 aromatic heterocycles. The summed E-state index contributed by atoms with van der Waals surface area (Å²) in [6.07, 6.45) is 0.784. The standard InChI is InChI=1S/C23H27ClFN3O5/c1-15(29)26-20-14-21(31-2)22(33-9-3-6-28-7-10-32-11-8-28)13-17(20)23(30)27-16-4-5-19(25)18(24)12-16/h4-5,12-14H,3,6-11H2,1-2H3,(H,26,29)(H,27,30). The number of carbonyl (C=O) groups excluding carboxylic acids is 2. The number of nitrogens with zero attached hydrogens (tertiary/aromatic N) is 1. The fourth-order valence-corrected chi connectivity index (χ4v) is 3.56. The summed E-state index contributed by atoms with van der Waals surface area (Å²) in [6.45, 7) is 5.88. The molecule has 2 aromatic carbocycles. The van der Waals surface area contributed by atoms with Crippen molar-refractivity contribution < 1.29 is 28.2 Å². The molecule has 0 bridgehead atoms. The van der Waals surface area contributed by atoms with Crippen LogP contribution < -0.4 is 20.1 Å². The van der Waals surface area contributed by atoms with Crippen LogP contribution in [0.1, 0.15) is 23.7 Å². The molecule has 1 heterocycles. The maximum absolute atomic E-state index is 13.4. The molecule has 2 N–H and O–H groups in total. The Morgan fingerprint density at radius 3 is 2.58 bits per heavy atom. The number of ether oxygens (including phenoxy) is 3. The summed E-state index contributed by atoms with van der Waals surface area (Å²) in [5, 5.41) is 5.17. The molecule has 0 radical (unpaired) electrons. The van der Waals surface area contributed by atoms with Gasteiger partial charge < -0.3 is 24.8 Å². The van der Waals surface area contributed by atoms with E-state index in [1.807, 2.05) is 0 Å². The highest BCUT2D eigenvalue weighted by Crippen LogP contribution is 2.34. The third-order valence-electron chi connectivity index (χ3n) is 5.02. The van der Waals surface area contributed by atoms with Gasteiger partial charge in [0.1, 0.15) is 5.82 Å². The molecular weight excluding hydrogens is 453 g/mol. The number of methoxy groups -OCH3 is 1. The lowest BCUT2D eigenvalue weighted by Gasteiger charge is -2.26. The first kappa shape index (κ1) is 24.8. The van der Waals surface area contributed by atoms with E-state index in [-0.39, 0.29) is 22.2 Å². The normalized spacial score (nSPS) is 13.9. The Kier molecular flexibility index (Phi) is 8.87. The van der Waals surface area contributed by atoms with Gasteiger partial charge in [-0.05, 0) is 30.7 Å². The van der Waals surface area contributed by atoms with Gasteiger partial charge in [-0.3, -0.25) is 14.5 Å². The van der Waals surface area contributed by atoms with Gasteiger partial charge in [-0.25, -0.2) is 4.39 Å². The van der Waals surface area contributed by atoms with E-state index >= 15 is 0 Å². The van der Waals surface area contributed by atoms with Crippen LogP contribution in [0, 0.1) is 5.82 Å². The van der Waals surface area contributed by atoms with E-state index in [1.54, 1.807) is 0 Å². The zero-order valence-corrected chi connectivity index (χ0v) is 19.3. The number of hydrogen-bond donors (Lipinski definition) is 2. The Hall–Kier alpha value is -2.88. The second kappa shape index (κ2) is 11.8. The van der Waals surface area contributed by atoms with Gasteiger partial charge in [0.2, 0.25) is 5.91 Å². The van der Waals surface area contributed by atoms with Crippen LogP contribution in [-0.4, -0.2) is 63.3 Å². The number of halogens is 2. The second-order valence-corrected chi connectivity index (χ2v) is 7.88. The molecule has 33 heavy (non-hydrogen) atoms. The van der Waals surface area contributed by atoms with Gasteiger partial charge in [0.05, 0.1) is 43.2 Å². The zero-order chi connectivity index (χ0) is 23.8. The zero-order valence-electron chi connectivity index (χ0n) is 18.6. The third kappa shape index (κ3) is 7.05. The summed E-state index contributed by atoms with van der Waals surface area (Å²) in [6, 6.07) is 6.90. The minimum atomic E-state index is -0.592. The van der Waals surface area contributed by atoms with Crippen LogP contribution in [0.15, 0.2) is 30.3 Å². The van der Waals surface area contributed by atoms with Crippen LogP contribution in [0.25, 0.3) is 0 Å². The number of carbonyl (C=O) groups is 2. The average molecular weight is 480 g/mol. The van der Waals surface area contributed by atoms with Crippen LogP contribution in [-0.2, 0) is 9.53 Å². The van der Waals surface area contributed by atoms with Crippen molar-refractivity contribution in [3.8, 4) is 11.5 Å². The van der Waals surface area contributed by atoms with E-state index in [0.717, 1.165) is 45.3 Å². The maximum Gasteiger partial charge on any atom is 0.257 e. The van der Waals surface area contributed by atoms with E-state index in [4.69, 9.17) is 25.8 Å². The molecule has 0 aliphatic carbocycles. The Morgan fingerprint density at radius 2 is 1.91 bits per heavy atom. The molecule has 2 aromatic rings. The number of morpholine rings is 1. The molecule has 8 nitrogen and oxygen atoms in total. The number of hydrogen-bond acceptors (Lipinski definition) is 6. The van der Waals surface area contributed by atoms with Crippen molar-refractivity contribution in [2.24, 2.45) is 0 Å². The first-order valence-corrected chi connectivity index (χ1v) is 10.9. The van der Waals surface area contributed by atoms with Gasteiger partial charge in [0.25, 0.3) is 5.91 Å². The van der Waals surface area contributed by atoms with Crippen molar-refractivity contribution in [2.75, 3.05) is 57.2 Å². The average Bonchev–Trinajstić information content (AvgIpc) is 2.79. The number of benzene rings is 2. The van der Waals surface area contributed by atoms with Crippen molar-refractivity contribution in [2.45, 2.75) is 13.3 Å². The molecule has 1 aliphatic rings. The molecule has 1 fully saturated rings. The number of amides is 2. The van der Waals surface area contributed by atoms with Gasteiger partial charge in [0, 0.05) is 38.3 Å². The first-order chi connectivity index (χ1) is 15.9. The van der Waals surface area contributed by atoms with Crippen LogP contribution in [0.2, 0.25) is 5.02 Å². The molecular formula is C23H27ClFN3O5. The summed E-state index contributed by atoms with van der Waals surface area (Å²) in [5.41, 5.74) is 0.726. The van der Waals surface area contributed by atoms with Crippen molar-refractivity contribution in [1.82, 2.24) is 4.90 Å². The molecule has 10 heteroatoms. The highest BCUT2D eigenvalue weighted by Gasteiger charge is 2.19. The Balaban J connectivity index is 1.76. The Bertz CT molecular complexity index is 998. The lowest BCUT2D eigenvalue weighted by Crippen LogP contribution is -2.37. The third-order valence-corrected chi connectivity index (χ3v) is 5.31. The van der Waals surface area contributed by atoms with Gasteiger partial charge in [0.15, 0.2) is 11.5 Å². The summed E-state index contributed by atoms with van der Waals surface area (Å²) >= 11 is 5.81. The summed E-state index contributed by atoms with van der Waals surface area (Å²) in [4.78, 5) is 27.0. The largest absolute Gasteiger partial charge is 0.493 e. The monoisotopic (exact) mass is 479 g/mol. The van der Waals surface area contributed by atoms with E-state index < -0.39 is 11.7 Å². The van der Waals surface area contributed by atoms with Crippen LogP contribution in [0.3, 0.4) is 0 Å². The summed E-state index contributed by atoms with van der Waals surface area (Å²) in [5.74, 6) is -0.717. The fourth-order valence-electron chi connectivity index (χ4n) is 3.38. The number of anilines is 2. The highest BCUT2D eigenvalue weighted by atomic mass is 35.5. The molecule has 0 atom stereocenters. The first-order valence-electron chi connectivity index (χ1n) is 10.6. The SMILES string of the molecule is COc1cc(NC(C)=O)c(C(=O)Nc2ccc(F)c(Cl)c2)cc1OCCCN1CCOCC1.